The summed E-state index contributed by atoms with van der Waals surface area (Å²) in [6, 6.07) is 9.60. The molecular formula is C26H37N5O2. The Morgan fingerprint density at radius 3 is 2.61 bits per heavy atom. The van der Waals surface area contributed by atoms with E-state index in [1.165, 1.54) is 0 Å². The Morgan fingerprint density at radius 1 is 1.27 bits per heavy atom. The molecule has 3 rings (SSSR count). The van der Waals surface area contributed by atoms with Gasteiger partial charge in [-0.25, -0.2) is 9.79 Å². The SMILES string of the molecule is C=C1N=CC(C(=O)NCC)=CN1/C=C\C(C)CC.CC1CCN(C(=O)Nc2ccccc2)C1. The Hall–Kier alpha value is -3.35. The van der Waals surface area contributed by atoms with Gasteiger partial charge in [0.1, 0.15) is 5.82 Å². The Morgan fingerprint density at radius 2 is 2.00 bits per heavy atom. The molecule has 7 heteroatoms. The van der Waals surface area contributed by atoms with E-state index in [0.29, 0.717) is 29.8 Å². The van der Waals surface area contributed by atoms with Crippen LogP contribution < -0.4 is 10.6 Å². The number of urea groups is 1. The van der Waals surface area contributed by atoms with Crippen LogP contribution in [0, 0.1) is 11.8 Å². The van der Waals surface area contributed by atoms with E-state index in [0.717, 1.165) is 31.6 Å². The van der Waals surface area contributed by atoms with Gasteiger partial charge in [0.05, 0.1) is 5.57 Å². The Balaban J connectivity index is 0.000000237. The summed E-state index contributed by atoms with van der Waals surface area (Å²) >= 11 is 0. The third-order valence-electron chi connectivity index (χ3n) is 5.48. The summed E-state index contributed by atoms with van der Waals surface area (Å²) in [5, 5.41) is 5.64. The van der Waals surface area contributed by atoms with Gasteiger partial charge in [0.25, 0.3) is 5.91 Å². The van der Waals surface area contributed by atoms with Gasteiger partial charge in [0.2, 0.25) is 0 Å². The number of anilines is 1. The second kappa shape index (κ2) is 13.3. The van der Waals surface area contributed by atoms with Crippen LogP contribution in [0.3, 0.4) is 0 Å². The van der Waals surface area contributed by atoms with Crippen LogP contribution in [0.5, 0.6) is 0 Å². The van der Waals surface area contributed by atoms with Crippen LogP contribution in [0.1, 0.15) is 40.5 Å². The highest BCUT2D eigenvalue weighted by atomic mass is 16.2. The first kappa shape index (κ1) is 25.9. The molecule has 2 unspecified atom stereocenters. The second-order valence-electron chi connectivity index (χ2n) is 8.39. The first-order chi connectivity index (χ1) is 15.8. The Labute approximate surface area is 197 Å². The molecule has 2 aliphatic heterocycles. The van der Waals surface area contributed by atoms with E-state index in [4.69, 9.17) is 0 Å². The Kier molecular flexibility index (Phi) is 10.4. The molecule has 2 heterocycles. The third-order valence-corrected chi connectivity index (χ3v) is 5.48. The number of carbonyl (C=O) groups excluding carboxylic acids is 2. The summed E-state index contributed by atoms with van der Waals surface area (Å²) in [6.07, 6.45) is 9.47. The zero-order chi connectivity index (χ0) is 24.2. The van der Waals surface area contributed by atoms with Crippen LogP contribution in [0.25, 0.3) is 0 Å². The molecule has 7 nitrogen and oxygen atoms in total. The zero-order valence-corrected chi connectivity index (χ0v) is 20.3. The number of aliphatic imine (C=N–C) groups is 1. The van der Waals surface area contributed by atoms with Crippen molar-refractivity contribution in [2.45, 2.75) is 40.5 Å². The summed E-state index contributed by atoms with van der Waals surface area (Å²) in [5.74, 6) is 1.62. The van der Waals surface area contributed by atoms with Crippen molar-refractivity contribution in [2.24, 2.45) is 16.8 Å². The molecule has 1 aromatic rings. The molecule has 0 bridgehead atoms. The number of amides is 3. The number of nitrogens with zero attached hydrogens (tertiary/aromatic N) is 3. The van der Waals surface area contributed by atoms with Crippen molar-refractivity contribution in [1.82, 2.24) is 15.1 Å². The van der Waals surface area contributed by atoms with Gasteiger partial charge in [-0.1, -0.05) is 58.0 Å². The number of nitrogens with one attached hydrogen (secondary N) is 2. The molecule has 2 aliphatic rings. The molecule has 3 amide bonds. The molecule has 178 valence electrons. The van der Waals surface area contributed by atoms with Crippen molar-refractivity contribution < 1.29 is 9.59 Å². The standard InChI is InChI=1S/C14H21N3O.C12H16N2O/c1-5-11(3)7-8-17-10-13(9-16-12(17)4)14(18)15-6-2;1-10-7-8-14(9-10)12(15)13-11-5-3-2-4-6-11/h7-11H,4-6H2,1-3H3,(H,15,18);2-6,10H,7-9H2,1H3,(H,13,15)/b8-7-;. The second-order valence-corrected chi connectivity index (χ2v) is 8.39. The van der Waals surface area contributed by atoms with E-state index in [9.17, 15) is 9.59 Å². The minimum atomic E-state index is -0.115. The maximum atomic E-state index is 11.8. The van der Waals surface area contributed by atoms with E-state index in [1.807, 2.05) is 48.4 Å². The molecule has 0 aliphatic carbocycles. The van der Waals surface area contributed by atoms with Gasteiger partial charge in [-0.15, -0.1) is 0 Å². The van der Waals surface area contributed by atoms with Gasteiger partial charge in [-0.05, 0) is 37.3 Å². The third kappa shape index (κ3) is 8.60. The molecule has 0 aromatic heterocycles. The molecule has 2 atom stereocenters. The van der Waals surface area contributed by atoms with Gasteiger partial charge >= 0.3 is 6.03 Å². The lowest BCUT2D eigenvalue weighted by atomic mass is 10.1. The predicted octanol–water partition coefficient (Wildman–Crippen LogP) is 4.98. The number of hydrogen-bond acceptors (Lipinski definition) is 4. The number of para-hydroxylation sites is 1. The molecule has 1 fully saturated rings. The highest BCUT2D eigenvalue weighted by Crippen LogP contribution is 2.17. The van der Waals surface area contributed by atoms with Crippen LogP contribution in [0.4, 0.5) is 10.5 Å². The van der Waals surface area contributed by atoms with Crippen molar-refractivity contribution in [3.8, 4) is 0 Å². The van der Waals surface area contributed by atoms with Crippen LogP contribution in [0.2, 0.25) is 0 Å². The lowest BCUT2D eigenvalue weighted by Gasteiger charge is -2.20. The number of carbonyl (C=O) groups is 2. The fourth-order valence-corrected chi connectivity index (χ4v) is 3.20. The van der Waals surface area contributed by atoms with Crippen LogP contribution in [-0.4, -0.2) is 47.6 Å². The summed E-state index contributed by atoms with van der Waals surface area (Å²) in [6.45, 7) is 14.5. The molecule has 2 N–H and O–H groups in total. The fraction of sp³-hybridized carbons (Fsp3) is 0.423. The van der Waals surface area contributed by atoms with E-state index < -0.39 is 0 Å². The smallest absolute Gasteiger partial charge is 0.321 e. The van der Waals surface area contributed by atoms with Gasteiger partial charge < -0.3 is 20.4 Å². The summed E-state index contributed by atoms with van der Waals surface area (Å²) in [4.78, 5) is 31.2. The number of allylic oxidation sites excluding steroid dienone is 1. The minimum Gasteiger partial charge on any atom is -0.352 e. The first-order valence-corrected chi connectivity index (χ1v) is 11.6. The van der Waals surface area contributed by atoms with E-state index >= 15 is 0 Å². The van der Waals surface area contributed by atoms with Gasteiger partial charge in [-0.2, -0.15) is 0 Å². The van der Waals surface area contributed by atoms with Gasteiger partial charge in [0.15, 0.2) is 0 Å². The van der Waals surface area contributed by atoms with Gasteiger partial charge in [0, 0.05) is 43.9 Å². The van der Waals surface area contributed by atoms with Crippen molar-refractivity contribution in [2.75, 3.05) is 25.0 Å². The molecular weight excluding hydrogens is 414 g/mol. The highest BCUT2D eigenvalue weighted by Gasteiger charge is 2.22. The van der Waals surface area contributed by atoms with E-state index in [-0.39, 0.29) is 11.9 Å². The van der Waals surface area contributed by atoms with E-state index in [1.54, 1.807) is 17.3 Å². The average Bonchev–Trinajstić information content (AvgIpc) is 3.26. The lowest BCUT2D eigenvalue weighted by molar-refractivity contribution is -0.116. The molecule has 0 saturated carbocycles. The number of rotatable bonds is 6. The van der Waals surface area contributed by atoms with Crippen molar-refractivity contribution in [3.63, 3.8) is 0 Å². The van der Waals surface area contributed by atoms with Crippen LogP contribution in [0.15, 0.2) is 71.8 Å². The van der Waals surface area contributed by atoms with Crippen molar-refractivity contribution in [1.29, 1.82) is 0 Å². The zero-order valence-electron chi connectivity index (χ0n) is 20.3. The largest absolute Gasteiger partial charge is 0.352 e. The van der Waals surface area contributed by atoms with Crippen molar-refractivity contribution in [3.05, 3.63) is 66.8 Å². The minimum absolute atomic E-state index is 0.0190. The summed E-state index contributed by atoms with van der Waals surface area (Å²) in [7, 11) is 0. The Bertz CT molecular complexity index is 891. The highest BCUT2D eigenvalue weighted by molar-refractivity contribution is 6.12. The fourth-order valence-electron chi connectivity index (χ4n) is 3.20. The first-order valence-electron chi connectivity index (χ1n) is 11.6. The number of likely N-dealkylation sites (tertiary alicyclic amines) is 1. The van der Waals surface area contributed by atoms with Gasteiger partial charge in [-0.3, -0.25) is 4.79 Å². The molecule has 0 radical (unpaired) electrons. The monoisotopic (exact) mass is 451 g/mol. The molecule has 1 saturated heterocycles. The maximum Gasteiger partial charge on any atom is 0.321 e. The molecule has 33 heavy (non-hydrogen) atoms. The summed E-state index contributed by atoms with van der Waals surface area (Å²) < 4.78 is 0. The van der Waals surface area contributed by atoms with Crippen LogP contribution in [-0.2, 0) is 4.79 Å². The lowest BCUT2D eigenvalue weighted by Crippen LogP contribution is -2.32. The topological polar surface area (TPSA) is 77.0 Å². The predicted molar refractivity (Wildman–Crippen MR) is 136 cm³/mol. The quantitative estimate of drug-likeness (QED) is 0.640. The maximum absolute atomic E-state index is 11.8. The van der Waals surface area contributed by atoms with E-state index in [2.05, 4.69) is 49.1 Å². The number of hydrogen-bond donors (Lipinski definition) is 2. The molecule has 0 spiro atoms. The van der Waals surface area contributed by atoms with Crippen LogP contribution >= 0.6 is 0 Å². The molecule has 1 aromatic carbocycles. The number of benzene rings is 1. The normalized spacial score (nSPS) is 18.5. The summed E-state index contributed by atoms with van der Waals surface area (Å²) in [5.41, 5.74) is 1.40. The number of likely N-dealkylation sites (N-methyl/N-ethyl adjacent to an activating group) is 1. The average molecular weight is 452 g/mol. The van der Waals surface area contributed by atoms with Crippen molar-refractivity contribution >= 4 is 23.8 Å².